The van der Waals surface area contributed by atoms with Crippen molar-refractivity contribution < 1.29 is 18.4 Å². The second kappa shape index (κ2) is 7.70. The molecule has 0 spiro atoms. The normalized spacial score (nSPS) is 14.8. The fourth-order valence-corrected chi connectivity index (χ4v) is 3.85. The summed E-state index contributed by atoms with van der Waals surface area (Å²) in [5, 5.41) is 0.697. The van der Waals surface area contributed by atoms with Gasteiger partial charge in [0.25, 0.3) is 11.5 Å². The van der Waals surface area contributed by atoms with Crippen LogP contribution in [0.25, 0.3) is 16.5 Å². The molecule has 0 bridgehead atoms. The predicted molar refractivity (Wildman–Crippen MR) is 107 cm³/mol. The number of halogens is 2. The summed E-state index contributed by atoms with van der Waals surface area (Å²) in [5.41, 5.74) is 4.93. The maximum atomic E-state index is 14.4. The molecule has 0 radical (unpaired) electrons. The molecular formula is C22H19F2N3O3. The van der Waals surface area contributed by atoms with Crippen molar-refractivity contribution in [2.24, 2.45) is 11.7 Å². The number of piperidine rings is 1. The van der Waals surface area contributed by atoms with E-state index in [1.165, 1.54) is 6.20 Å². The number of nitrogens with two attached hydrogens (primary N) is 1. The predicted octanol–water partition coefficient (Wildman–Crippen LogP) is 2.61. The lowest BCUT2D eigenvalue weighted by Gasteiger charge is -2.31. The molecule has 2 aromatic carbocycles. The number of fused-ring (bicyclic) bond motifs is 1. The summed E-state index contributed by atoms with van der Waals surface area (Å²) in [5.74, 6) is -2.65. The Morgan fingerprint density at radius 3 is 2.30 bits per heavy atom. The number of carbonyl (C=O) groups is 2. The van der Waals surface area contributed by atoms with Gasteiger partial charge in [0.2, 0.25) is 5.91 Å². The van der Waals surface area contributed by atoms with Crippen LogP contribution >= 0.6 is 0 Å². The Balaban J connectivity index is 1.82. The third-order valence-electron chi connectivity index (χ3n) is 5.51. The molecule has 0 unspecified atom stereocenters. The molecule has 1 aliphatic rings. The second-order valence-electron chi connectivity index (χ2n) is 7.33. The summed E-state index contributed by atoms with van der Waals surface area (Å²) in [6, 6.07) is 9.48. The van der Waals surface area contributed by atoms with Crippen LogP contribution in [-0.4, -0.2) is 34.4 Å². The maximum absolute atomic E-state index is 14.4. The van der Waals surface area contributed by atoms with E-state index in [1.807, 2.05) is 0 Å². The molecule has 1 aromatic heterocycles. The Hall–Kier alpha value is -3.55. The molecule has 0 saturated carbocycles. The third-order valence-corrected chi connectivity index (χ3v) is 5.51. The van der Waals surface area contributed by atoms with Crippen molar-refractivity contribution in [3.63, 3.8) is 0 Å². The molecule has 30 heavy (non-hydrogen) atoms. The fourth-order valence-electron chi connectivity index (χ4n) is 3.85. The number of hydrogen-bond donors (Lipinski definition) is 1. The molecule has 2 heterocycles. The summed E-state index contributed by atoms with van der Waals surface area (Å²) >= 11 is 0. The van der Waals surface area contributed by atoms with Crippen LogP contribution in [0.3, 0.4) is 0 Å². The van der Waals surface area contributed by atoms with Crippen LogP contribution in [0.4, 0.5) is 8.78 Å². The Bertz CT molecular complexity index is 1210. The van der Waals surface area contributed by atoms with Gasteiger partial charge in [-0.25, -0.2) is 8.78 Å². The minimum absolute atomic E-state index is 0.145. The number of primary amides is 1. The van der Waals surface area contributed by atoms with Gasteiger partial charge in [-0.1, -0.05) is 18.2 Å². The molecule has 8 heteroatoms. The molecule has 1 aliphatic heterocycles. The summed E-state index contributed by atoms with van der Waals surface area (Å²) < 4.78 is 28.7. The van der Waals surface area contributed by atoms with Gasteiger partial charge >= 0.3 is 0 Å². The van der Waals surface area contributed by atoms with Gasteiger partial charge in [-0.2, -0.15) is 0 Å². The molecule has 154 valence electrons. The van der Waals surface area contributed by atoms with Crippen molar-refractivity contribution in [2.75, 3.05) is 13.1 Å². The van der Waals surface area contributed by atoms with Gasteiger partial charge in [0.05, 0.1) is 11.3 Å². The topological polar surface area (TPSA) is 85.4 Å². The molecule has 0 atom stereocenters. The summed E-state index contributed by atoms with van der Waals surface area (Å²) in [4.78, 5) is 39.2. The zero-order valence-corrected chi connectivity index (χ0v) is 16.0. The maximum Gasteiger partial charge on any atom is 0.263 e. The van der Waals surface area contributed by atoms with E-state index in [0.717, 1.165) is 16.7 Å². The van der Waals surface area contributed by atoms with Gasteiger partial charge in [0.15, 0.2) is 0 Å². The number of nitrogens with zero attached hydrogens (tertiary/aromatic N) is 2. The lowest BCUT2D eigenvalue weighted by molar-refractivity contribution is -0.123. The van der Waals surface area contributed by atoms with Gasteiger partial charge in [-0.3, -0.25) is 19.0 Å². The molecule has 4 rings (SSSR count). The lowest BCUT2D eigenvalue weighted by atomic mass is 9.95. The summed E-state index contributed by atoms with van der Waals surface area (Å²) in [7, 11) is 0. The van der Waals surface area contributed by atoms with E-state index in [-0.39, 0.29) is 34.4 Å². The number of pyridine rings is 1. The van der Waals surface area contributed by atoms with Crippen molar-refractivity contribution >= 4 is 22.6 Å². The zero-order chi connectivity index (χ0) is 21.4. The SMILES string of the molecule is NC(=O)C1CCN(C(=O)c2cn(-c3ccc(F)cc3F)c(=O)c3ccccc23)CC1. The van der Waals surface area contributed by atoms with Crippen LogP contribution in [-0.2, 0) is 4.79 Å². The standard InChI is InChI=1S/C22H19F2N3O3/c23-14-5-6-19(18(24)11-14)27-12-17(15-3-1-2-4-16(15)22(27)30)21(29)26-9-7-13(8-10-26)20(25)28/h1-6,11-13H,7-10H2,(H2,25,28). The number of hydrogen-bond acceptors (Lipinski definition) is 3. The van der Waals surface area contributed by atoms with Crippen molar-refractivity contribution in [3.05, 3.63) is 76.2 Å². The molecule has 1 fully saturated rings. The highest BCUT2D eigenvalue weighted by Gasteiger charge is 2.28. The van der Waals surface area contributed by atoms with Gasteiger partial charge in [0, 0.05) is 42.0 Å². The highest BCUT2D eigenvalue weighted by atomic mass is 19.1. The number of likely N-dealkylation sites (tertiary alicyclic amines) is 1. The first-order valence-corrected chi connectivity index (χ1v) is 9.55. The van der Waals surface area contributed by atoms with E-state index < -0.39 is 17.2 Å². The first-order chi connectivity index (χ1) is 14.4. The molecule has 2 N–H and O–H groups in total. The van der Waals surface area contributed by atoms with E-state index in [4.69, 9.17) is 5.73 Å². The van der Waals surface area contributed by atoms with Gasteiger partial charge in [-0.15, -0.1) is 0 Å². The van der Waals surface area contributed by atoms with Gasteiger partial charge in [-0.05, 0) is 31.0 Å². The van der Waals surface area contributed by atoms with E-state index in [1.54, 1.807) is 29.2 Å². The second-order valence-corrected chi connectivity index (χ2v) is 7.33. The highest BCUT2D eigenvalue weighted by molar-refractivity contribution is 6.06. The van der Waals surface area contributed by atoms with E-state index in [2.05, 4.69) is 0 Å². The average molecular weight is 411 g/mol. The largest absolute Gasteiger partial charge is 0.369 e. The van der Waals surface area contributed by atoms with Gasteiger partial charge in [0.1, 0.15) is 11.6 Å². The highest BCUT2D eigenvalue weighted by Crippen LogP contribution is 2.24. The van der Waals surface area contributed by atoms with Crippen molar-refractivity contribution in [3.8, 4) is 5.69 Å². The lowest BCUT2D eigenvalue weighted by Crippen LogP contribution is -2.42. The van der Waals surface area contributed by atoms with E-state index in [9.17, 15) is 23.2 Å². The molecule has 1 saturated heterocycles. The Morgan fingerprint density at radius 2 is 1.67 bits per heavy atom. The van der Waals surface area contributed by atoms with Crippen LogP contribution in [0.5, 0.6) is 0 Å². The van der Waals surface area contributed by atoms with Crippen LogP contribution < -0.4 is 11.3 Å². The summed E-state index contributed by atoms with van der Waals surface area (Å²) in [6.45, 7) is 0.704. The van der Waals surface area contributed by atoms with Crippen LogP contribution in [0.15, 0.2) is 53.5 Å². The number of carbonyl (C=O) groups excluding carboxylic acids is 2. The van der Waals surface area contributed by atoms with Crippen molar-refractivity contribution in [1.82, 2.24) is 9.47 Å². The molecule has 2 amide bonds. The molecular weight excluding hydrogens is 392 g/mol. The number of aromatic nitrogens is 1. The molecule has 0 aliphatic carbocycles. The quantitative estimate of drug-likeness (QED) is 0.719. The third kappa shape index (κ3) is 3.45. The zero-order valence-electron chi connectivity index (χ0n) is 16.0. The fraction of sp³-hybridized carbons (Fsp3) is 0.227. The van der Waals surface area contributed by atoms with Gasteiger partial charge < -0.3 is 10.6 Å². The van der Waals surface area contributed by atoms with Crippen molar-refractivity contribution in [2.45, 2.75) is 12.8 Å². The Morgan fingerprint density at radius 1 is 1.00 bits per heavy atom. The van der Waals surface area contributed by atoms with Crippen LogP contribution in [0.1, 0.15) is 23.2 Å². The van der Waals surface area contributed by atoms with E-state index >= 15 is 0 Å². The smallest absolute Gasteiger partial charge is 0.263 e. The monoisotopic (exact) mass is 411 g/mol. The van der Waals surface area contributed by atoms with E-state index in [0.29, 0.717) is 37.4 Å². The summed E-state index contributed by atoms with van der Waals surface area (Å²) in [6.07, 6.45) is 2.22. The molecule has 3 aromatic rings. The number of benzene rings is 2. The minimum atomic E-state index is -0.909. The Kier molecular flexibility index (Phi) is 5.07. The Labute approximate surface area is 170 Å². The van der Waals surface area contributed by atoms with Crippen LogP contribution in [0.2, 0.25) is 0 Å². The first kappa shape index (κ1) is 19.8. The molecule has 6 nitrogen and oxygen atoms in total. The van der Waals surface area contributed by atoms with Crippen LogP contribution in [0, 0.1) is 17.6 Å². The van der Waals surface area contributed by atoms with Crippen molar-refractivity contribution in [1.29, 1.82) is 0 Å². The number of amides is 2. The number of rotatable bonds is 3. The average Bonchev–Trinajstić information content (AvgIpc) is 2.74. The minimum Gasteiger partial charge on any atom is -0.369 e. The first-order valence-electron chi connectivity index (χ1n) is 9.55.